The van der Waals surface area contributed by atoms with Gasteiger partial charge in [0.25, 0.3) is 0 Å². The van der Waals surface area contributed by atoms with Gasteiger partial charge < -0.3 is 10.6 Å². The summed E-state index contributed by atoms with van der Waals surface area (Å²) in [5, 5.41) is -0.194. The van der Waals surface area contributed by atoms with Crippen LogP contribution in [-0.2, 0) is 9.84 Å². The first-order chi connectivity index (χ1) is 8.63. The van der Waals surface area contributed by atoms with Gasteiger partial charge >= 0.3 is 0 Å². The first kappa shape index (κ1) is 16.9. The highest BCUT2D eigenvalue weighted by Crippen LogP contribution is 2.35. The lowest BCUT2D eigenvalue weighted by molar-refractivity contribution is 0.0893. The first-order valence-corrected chi connectivity index (χ1v) is 9.20. The summed E-state index contributed by atoms with van der Waals surface area (Å²) < 4.78 is 23.5. The first-order valence-electron chi connectivity index (χ1n) is 7.24. The van der Waals surface area contributed by atoms with Gasteiger partial charge in [-0.1, -0.05) is 13.3 Å². The molecule has 4 nitrogen and oxygen atoms in total. The minimum atomic E-state index is -2.93. The smallest absolute Gasteiger partial charge is 0.150 e. The summed E-state index contributed by atoms with van der Waals surface area (Å²) in [6, 6.07) is 0.0250. The van der Waals surface area contributed by atoms with E-state index in [2.05, 4.69) is 32.8 Å². The second kappa shape index (κ2) is 6.10. The van der Waals surface area contributed by atoms with Gasteiger partial charge in [-0.3, -0.25) is 0 Å². The second-order valence-corrected chi connectivity index (χ2v) is 8.83. The summed E-state index contributed by atoms with van der Waals surface area (Å²) in [6.45, 7) is 4.33. The molecule has 0 heterocycles. The van der Waals surface area contributed by atoms with Crippen LogP contribution in [0, 0.1) is 5.92 Å². The largest absolute Gasteiger partial charge is 0.326 e. The fourth-order valence-electron chi connectivity index (χ4n) is 3.25. The molecule has 0 bridgehead atoms. The van der Waals surface area contributed by atoms with Gasteiger partial charge in [0.2, 0.25) is 0 Å². The van der Waals surface area contributed by atoms with E-state index < -0.39 is 9.84 Å². The molecule has 0 radical (unpaired) electrons. The fraction of sp³-hybridized carbons (Fsp3) is 1.00. The molecule has 4 atom stereocenters. The van der Waals surface area contributed by atoms with E-state index in [0.717, 1.165) is 32.1 Å². The van der Waals surface area contributed by atoms with Crippen LogP contribution in [0.5, 0.6) is 0 Å². The number of nitrogens with zero attached hydrogens (tertiary/aromatic N) is 1. The lowest BCUT2D eigenvalue weighted by Crippen LogP contribution is -2.59. The Bertz CT molecular complexity index is 394. The molecule has 114 valence electrons. The van der Waals surface area contributed by atoms with E-state index in [9.17, 15) is 8.42 Å². The SMILES string of the molecule is CCC(C)(C(N)C1CCCC(S(C)(=O)=O)C1)N(C)C. The van der Waals surface area contributed by atoms with Gasteiger partial charge in [0.05, 0.1) is 5.25 Å². The van der Waals surface area contributed by atoms with Crippen molar-refractivity contribution in [2.75, 3.05) is 20.4 Å². The lowest BCUT2D eigenvalue weighted by Gasteiger charge is -2.46. The normalized spacial score (nSPS) is 30.1. The minimum Gasteiger partial charge on any atom is -0.326 e. The number of nitrogens with two attached hydrogens (primary N) is 1. The molecular formula is C14H30N2O2S. The van der Waals surface area contributed by atoms with Gasteiger partial charge in [-0.15, -0.1) is 0 Å². The highest BCUT2D eigenvalue weighted by molar-refractivity contribution is 7.91. The summed E-state index contributed by atoms with van der Waals surface area (Å²) in [4.78, 5) is 2.18. The molecule has 0 spiro atoms. The van der Waals surface area contributed by atoms with Crippen molar-refractivity contribution >= 4 is 9.84 Å². The molecule has 19 heavy (non-hydrogen) atoms. The van der Waals surface area contributed by atoms with Gasteiger partial charge in [0, 0.05) is 17.8 Å². The quantitative estimate of drug-likeness (QED) is 0.836. The van der Waals surface area contributed by atoms with Crippen molar-refractivity contribution in [1.82, 2.24) is 4.90 Å². The Balaban J connectivity index is 2.85. The minimum absolute atomic E-state index is 0.0250. The van der Waals surface area contributed by atoms with E-state index in [1.807, 2.05) is 0 Å². The second-order valence-electron chi connectivity index (χ2n) is 6.51. The average molecular weight is 290 g/mol. The summed E-state index contributed by atoms with van der Waals surface area (Å²) in [5.74, 6) is 0.306. The summed E-state index contributed by atoms with van der Waals surface area (Å²) >= 11 is 0. The number of sulfone groups is 1. The zero-order chi connectivity index (χ0) is 14.8. The van der Waals surface area contributed by atoms with Gasteiger partial charge in [0.15, 0.2) is 0 Å². The lowest BCUT2D eigenvalue weighted by atomic mass is 9.74. The van der Waals surface area contributed by atoms with Crippen LogP contribution in [0.15, 0.2) is 0 Å². The predicted octanol–water partition coefficient (Wildman–Crippen LogP) is 1.65. The van der Waals surface area contributed by atoms with Crippen molar-refractivity contribution in [3.05, 3.63) is 0 Å². The molecule has 1 fully saturated rings. The molecular weight excluding hydrogens is 260 g/mol. The zero-order valence-electron chi connectivity index (χ0n) is 13.0. The van der Waals surface area contributed by atoms with E-state index in [-0.39, 0.29) is 16.8 Å². The molecule has 0 aromatic rings. The van der Waals surface area contributed by atoms with Crippen molar-refractivity contribution in [3.8, 4) is 0 Å². The van der Waals surface area contributed by atoms with E-state index in [4.69, 9.17) is 5.73 Å². The van der Waals surface area contributed by atoms with Gasteiger partial charge in [-0.05, 0) is 52.6 Å². The Kier molecular flexibility index (Phi) is 5.43. The van der Waals surface area contributed by atoms with E-state index >= 15 is 0 Å². The molecule has 0 aromatic carbocycles. The molecule has 2 N–H and O–H groups in total. The molecule has 1 aliphatic rings. The predicted molar refractivity (Wildman–Crippen MR) is 80.9 cm³/mol. The third kappa shape index (κ3) is 3.70. The zero-order valence-corrected chi connectivity index (χ0v) is 13.8. The van der Waals surface area contributed by atoms with Crippen LogP contribution in [0.25, 0.3) is 0 Å². The van der Waals surface area contributed by atoms with Crippen LogP contribution >= 0.6 is 0 Å². The highest BCUT2D eigenvalue weighted by Gasteiger charge is 2.40. The van der Waals surface area contributed by atoms with Crippen molar-refractivity contribution in [2.45, 2.75) is 62.8 Å². The number of rotatable bonds is 5. The third-order valence-corrected chi connectivity index (χ3v) is 6.87. The third-order valence-electron chi connectivity index (χ3n) is 5.24. The molecule has 0 aliphatic heterocycles. The van der Waals surface area contributed by atoms with E-state index in [1.54, 1.807) is 0 Å². The summed E-state index contributed by atoms with van der Waals surface area (Å²) in [5.41, 5.74) is 6.44. The number of likely N-dealkylation sites (N-methyl/N-ethyl adjacent to an activating group) is 1. The number of hydrogen-bond donors (Lipinski definition) is 1. The molecule has 0 aromatic heterocycles. The maximum Gasteiger partial charge on any atom is 0.150 e. The molecule has 5 heteroatoms. The maximum atomic E-state index is 11.8. The molecule has 4 unspecified atom stereocenters. The topological polar surface area (TPSA) is 63.4 Å². The van der Waals surface area contributed by atoms with Crippen LogP contribution in [-0.4, -0.2) is 50.5 Å². The van der Waals surface area contributed by atoms with Crippen molar-refractivity contribution in [1.29, 1.82) is 0 Å². The maximum absolute atomic E-state index is 11.8. The highest BCUT2D eigenvalue weighted by atomic mass is 32.2. The number of hydrogen-bond acceptors (Lipinski definition) is 4. The van der Waals surface area contributed by atoms with Crippen LogP contribution in [0.3, 0.4) is 0 Å². The van der Waals surface area contributed by atoms with Gasteiger partial charge in [-0.2, -0.15) is 0 Å². The Hall–Kier alpha value is -0.130. The van der Waals surface area contributed by atoms with E-state index in [1.165, 1.54) is 6.26 Å². The molecule has 0 amide bonds. The monoisotopic (exact) mass is 290 g/mol. The average Bonchev–Trinajstić information content (AvgIpc) is 2.35. The van der Waals surface area contributed by atoms with Crippen LogP contribution in [0.1, 0.15) is 46.0 Å². The van der Waals surface area contributed by atoms with Crippen LogP contribution in [0.2, 0.25) is 0 Å². The van der Waals surface area contributed by atoms with Crippen LogP contribution in [0.4, 0.5) is 0 Å². The van der Waals surface area contributed by atoms with E-state index in [0.29, 0.717) is 5.92 Å². The Morgan fingerprint density at radius 1 is 1.37 bits per heavy atom. The van der Waals surface area contributed by atoms with Gasteiger partial charge in [-0.25, -0.2) is 8.42 Å². The van der Waals surface area contributed by atoms with Crippen molar-refractivity contribution < 1.29 is 8.42 Å². The van der Waals surface area contributed by atoms with Crippen LogP contribution < -0.4 is 5.73 Å². The standard InChI is InChI=1S/C14H30N2O2S/c1-6-14(2,16(3)4)13(15)11-8-7-9-12(10-11)19(5,17)18/h11-13H,6-10,15H2,1-5H3. The molecule has 1 rings (SSSR count). The Morgan fingerprint density at radius 3 is 2.37 bits per heavy atom. The van der Waals surface area contributed by atoms with Crippen molar-refractivity contribution in [2.24, 2.45) is 11.7 Å². The summed E-state index contributed by atoms with van der Waals surface area (Å²) in [6.07, 6.45) is 5.88. The fourth-order valence-corrected chi connectivity index (χ4v) is 4.45. The molecule has 1 aliphatic carbocycles. The van der Waals surface area contributed by atoms with Gasteiger partial charge in [0.1, 0.15) is 9.84 Å². The summed E-state index contributed by atoms with van der Waals surface area (Å²) in [7, 11) is 1.18. The van der Waals surface area contributed by atoms with Crippen molar-refractivity contribution in [3.63, 3.8) is 0 Å². The molecule has 1 saturated carbocycles. The Labute approximate surface area is 118 Å². The Morgan fingerprint density at radius 2 is 1.95 bits per heavy atom. The molecule has 0 saturated heterocycles.